The van der Waals surface area contributed by atoms with Gasteiger partial charge in [-0.1, -0.05) is 137 Å². The number of carbonyl (C=O) groups is 2. The summed E-state index contributed by atoms with van der Waals surface area (Å²) < 4.78 is 55.6. The molecule has 1 saturated heterocycles. The fraction of sp³-hybridized carbons (Fsp3) is 0.304. The van der Waals surface area contributed by atoms with E-state index >= 15 is 0 Å². The maximum Gasteiger partial charge on any atom is 0.452 e. The van der Waals surface area contributed by atoms with E-state index in [0.29, 0.717) is 17.5 Å². The number of aromatic nitrogens is 3. The summed E-state index contributed by atoms with van der Waals surface area (Å²) in [5.41, 5.74) is 4.62. The monoisotopic (exact) mass is 804 g/mol. The van der Waals surface area contributed by atoms with Gasteiger partial charge in [0.05, 0.1) is 12.6 Å². The molecule has 1 aliphatic heterocycles. The van der Waals surface area contributed by atoms with E-state index < -0.39 is 50.2 Å². The summed E-state index contributed by atoms with van der Waals surface area (Å²) in [5.74, 6) is -3.15. The van der Waals surface area contributed by atoms with E-state index in [1.165, 1.54) is 11.1 Å². The van der Waals surface area contributed by atoms with Gasteiger partial charge < -0.3 is 9.16 Å². The van der Waals surface area contributed by atoms with Crippen LogP contribution < -0.4 is 10.4 Å². The number of amides is 2. The van der Waals surface area contributed by atoms with Crippen LogP contribution in [0.3, 0.4) is 0 Å². The molecule has 2 amide bonds. The molecule has 1 aliphatic rings. The maximum atomic E-state index is 14.7. The Kier molecular flexibility index (Phi) is 11.2. The third-order valence-corrected chi connectivity index (χ3v) is 16.4. The summed E-state index contributed by atoms with van der Waals surface area (Å²) in [6, 6.07) is 37.3. The number of rotatable bonds is 11. The van der Waals surface area contributed by atoms with Crippen LogP contribution in [0.5, 0.6) is 0 Å². The quantitative estimate of drug-likeness (QED) is 0.122. The molecular formula is C46H47F3N4O4Si. The first kappa shape index (κ1) is 40.6. The number of imide groups is 1. The molecule has 0 aliphatic carbocycles. The highest BCUT2D eigenvalue weighted by molar-refractivity contribution is 6.99. The fourth-order valence-electron chi connectivity index (χ4n) is 8.48. The number of alkyl halides is 3. The third-order valence-electron chi connectivity index (χ3n) is 11.5. The molecule has 0 saturated carbocycles. The minimum Gasteiger partial charge on any atom is -0.447 e. The van der Waals surface area contributed by atoms with Crippen molar-refractivity contribution >= 4 is 36.3 Å². The van der Waals surface area contributed by atoms with Crippen molar-refractivity contribution in [3.05, 3.63) is 161 Å². The molecule has 3 heterocycles. The predicted octanol–water partition coefficient (Wildman–Crippen LogP) is 8.80. The smallest absolute Gasteiger partial charge is 0.447 e. The summed E-state index contributed by atoms with van der Waals surface area (Å²) in [6.45, 7) is 12.4. The van der Waals surface area contributed by atoms with Crippen molar-refractivity contribution in [2.24, 2.45) is 5.92 Å². The zero-order valence-electron chi connectivity index (χ0n) is 33.5. The summed E-state index contributed by atoms with van der Waals surface area (Å²) >= 11 is 0. The van der Waals surface area contributed by atoms with Crippen molar-refractivity contribution in [2.45, 2.75) is 77.7 Å². The Morgan fingerprint density at radius 1 is 0.879 bits per heavy atom. The molecule has 2 aromatic heterocycles. The minimum absolute atomic E-state index is 0.0272. The molecule has 0 radical (unpaired) electrons. The number of benzene rings is 4. The second-order valence-electron chi connectivity index (χ2n) is 16.1. The molecule has 3 atom stereocenters. The molecule has 6 aromatic rings. The maximum absolute atomic E-state index is 14.7. The molecule has 58 heavy (non-hydrogen) atoms. The molecular weight excluding hydrogens is 758 g/mol. The standard InChI is InChI=1S/C46H47F3N4O4Si/c1-30-22-23-34(27-35(30)28-57-58(45(4,5)6,37-18-12-8-13-19-37)38-20-14-9-15-21-38)40(39-24-25-52-41(31(39)2)50-51-43(52)46(47,48)49)32(3)42(54)53-36(29-56-44(53)55)26-33-16-10-7-11-17-33/h7-25,27,32,36,40H,26,28-29H2,1-6H3/t32?,36-,40-/m1/s1. The number of hydrogen-bond acceptors (Lipinski definition) is 6. The van der Waals surface area contributed by atoms with Crippen LogP contribution in [-0.2, 0) is 33.2 Å². The lowest BCUT2D eigenvalue weighted by molar-refractivity contribution is -0.145. The first-order chi connectivity index (χ1) is 27.6. The number of carbonyl (C=O) groups excluding carboxylic acids is 2. The normalized spacial score (nSPS) is 16.1. The van der Waals surface area contributed by atoms with E-state index in [0.717, 1.165) is 37.0 Å². The van der Waals surface area contributed by atoms with Gasteiger partial charge in [-0.15, -0.1) is 10.2 Å². The molecule has 1 fully saturated rings. The Morgan fingerprint density at radius 2 is 1.48 bits per heavy atom. The molecule has 4 aromatic carbocycles. The zero-order chi connectivity index (χ0) is 41.4. The average molecular weight is 805 g/mol. The number of nitrogens with zero attached hydrogens (tertiary/aromatic N) is 4. The number of halogens is 3. The molecule has 300 valence electrons. The van der Waals surface area contributed by atoms with Crippen molar-refractivity contribution in [3.63, 3.8) is 0 Å². The van der Waals surface area contributed by atoms with Crippen LogP contribution in [0, 0.1) is 19.8 Å². The second kappa shape index (κ2) is 16.0. The van der Waals surface area contributed by atoms with Gasteiger partial charge in [0.1, 0.15) is 6.61 Å². The van der Waals surface area contributed by atoms with Gasteiger partial charge in [-0.3, -0.25) is 9.20 Å². The number of cyclic esters (lactones) is 1. The van der Waals surface area contributed by atoms with Gasteiger partial charge in [0, 0.05) is 18.0 Å². The Balaban J connectivity index is 1.32. The van der Waals surface area contributed by atoms with Crippen LogP contribution in [0.25, 0.3) is 5.65 Å². The van der Waals surface area contributed by atoms with Crippen molar-refractivity contribution in [1.29, 1.82) is 0 Å². The van der Waals surface area contributed by atoms with Crippen molar-refractivity contribution in [2.75, 3.05) is 6.61 Å². The number of ether oxygens (including phenoxy) is 1. The Bertz CT molecular complexity index is 2380. The lowest BCUT2D eigenvalue weighted by Gasteiger charge is -2.43. The van der Waals surface area contributed by atoms with E-state index in [2.05, 4.69) is 55.2 Å². The van der Waals surface area contributed by atoms with Crippen LogP contribution in [0.4, 0.5) is 18.0 Å². The largest absolute Gasteiger partial charge is 0.452 e. The summed E-state index contributed by atoms with van der Waals surface area (Å²) in [6.07, 6.45) is -3.74. The van der Waals surface area contributed by atoms with E-state index in [1.54, 1.807) is 19.9 Å². The van der Waals surface area contributed by atoms with Crippen LogP contribution in [0.1, 0.15) is 72.8 Å². The lowest BCUT2D eigenvalue weighted by atomic mass is 9.78. The van der Waals surface area contributed by atoms with Crippen molar-refractivity contribution in [1.82, 2.24) is 19.5 Å². The summed E-state index contributed by atoms with van der Waals surface area (Å²) in [7, 11) is -2.94. The topological polar surface area (TPSA) is 86.0 Å². The Labute approximate surface area is 337 Å². The molecule has 0 N–H and O–H groups in total. The molecule has 7 rings (SSSR count). The van der Waals surface area contributed by atoms with E-state index in [4.69, 9.17) is 9.16 Å². The van der Waals surface area contributed by atoms with Gasteiger partial charge in [0.15, 0.2) is 5.65 Å². The number of fused-ring (bicyclic) bond motifs is 1. The van der Waals surface area contributed by atoms with Gasteiger partial charge in [0.2, 0.25) is 11.7 Å². The van der Waals surface area contributed by atoms with Gasteiger partial charge in [-0.25, -0.2) is 9.69 Å². The predicted molar refractivity (Wildman–Crippen MR) is 219 cm³/mol. The highest BCUT2D eigenvalue weighted by Crippen LogP contribution is 2.41. The van der Waals surface area contributed by atoms with E-state index in [9.17, 15) is 22.8 Å². The number of pyridine rings is 1. The molecule has 12 heteroatoms. The molecule has 8 nitrogen and oxygen atoms in total. The van der Waals surface area contributed by atoms with Crippen LogP contribution in [0.15, 0.2) is 121 Å². The highest BCUT2D eigenvalue weighted by atomic mass is 28.4. The average Bonchev–Trinajstić information content (AvgIpc) is 3.81. The minimum atomic E-state index is -4.73. The lowest BCUT2D eigenvalue weighted by Crippen LogP contribution is -2.66. The highest BCUT2D eigenvalue weighted by Gasteiger charge is 2.50. The zero-order valence-corrected chi connectivity index (χ0v) is 34.5. The van der Waals surface area contributed by atoms with Gasteiger partial charge in [-0.05, 0) is 75.1 Å². The first-order valence-electron chi connectivity index (χ1n) is 19.4. The Hall–Kier alpha value is -5.59. The number of aryl methyl sites for hydroxylation is 2. The fourth-order valence-corrected chi connectivity index (χ4v) is 13.0. The van der Waals surface area contributed by atoms with Crippen molar-refractivity contribution in [3.8, 4) is 0 Å². The van der Waals surface area contributed by atoms with Crippen LogP contribution in [0.2, 0.25) is 5.04 Å². The number of hydrogen-bond donors (Lipinski definition) is 0. The summed E-state index contributed by atoms with van der Waals surface area (Å²) in [5, 5.41) is 9.44. The third kappa shape index (κ3) is 7.58. The summed E-state index contributed by atoms with van der Waals surface area (Å²) in [4.78, 5) is 29.2. The second-order valence-corrected chi connectivity index (χ2v) is 20.4. The van der Waals surface area contributed by atoms with Crippen molar-refractivity contribution < 1.29 is 31.9 Å². The van der Waals surface area contributed by atoms with E-state index in [-0.39, 0.29) is 23.9 Å². The Morgan fingerprint density at radius 3 is 2.07 bits per heavy atom. The van der Waals surface area contributed by atoms with Gasteiger partial charge in [0.25, 0.3) is 8.32 Å². The molecule has 0 spiro atoms. The first-order valence-corrected chi connectivity index (χ1v) is 21.3. The van der Waals surface area contributed by atoms with Gasteiger partial charge in [-0.2, -0.15) is 13.2 Å². The van der Waals surface area contributed by atoms with Crippen LogP contribution in [-0.4, -0.2) is 52.5 Å². The van der Waals surface area contributed by atoms with Gasteiger partial charge >= 0.3 is 12.3 Å². The van der Waals surface area contributed by atoms with Crippen LogP contribution >= 0.6 is 0 Å². The molecule has 0 bridgehead atoms. The van der Waals surface area contributed by atoms with E-state index in [1.807, 2.05) is 91.9 Å². The molecule has 1 unspecified atom stereocenters. The SMILES string of the molecule is Cc1ccc([C@H](c2ccn3c(C(F)(F)F)nnc3c2C)C(C)C(=O)N2C(=O)OC[C@H]2Cc2ccccc2)cc1CO[Si](c1ccccc1)(c1ccccc1)C(C)(C)C.